The summed E-state index contributed by atoms with van der Waals surface area (Å²) in [6, 6.07) is 0. The van der Waals surface area contributed by atoms with Crippen LogP contribution in [0.15, 0.2) is 22.8 Å². The minimum atomic E-state index is -4.22. The zero-order valence-corrected chi connectivity index (χ0v) is 7.21. The Bertz CT molecular complexity index is 237. The fraction of sp³-hybridized carbons (Fsp3) is 0.500. The molecule has 0 nitrogen and oxygen atoms in total. The summed E-state index contributed by atoms with van der Waals surface area (Å²) in [7, 11) is 0. The molecule has 1 rings (SSSR count). The van der Waals surface area contributed by atoms with Gasteiger partial charge in [-0.25, -0.2) is 0 Å². The molecule has 0 radical (unpaired) electrons. The monoisotopic (exact) mass is 196 g/mol. The molecule has 1 aliphatic carbocycles. The maximum atomic E-state index is 12.2. The normalized spacial score (nSPS) is 24.9. The van der Waals surface area contributed by atoms with E-state index < -0.39 is 12.1 Å². The van der Waals surface area contributed by atoms with Crippen LogP contribution in [0.25, 0.3) is 0 Å². The summed E-state index contributed by atoms with van der Waals surface area (Å²) in [6.45, 7) is 1.67. The molecule has 1 aliphatic rings. The van der Waals surface area contributed by atoms with E-state index in [-0.39, 0.29) is 11.5 Å². The lowest BCUT2D eigenvalue weighted by molar-refractivity contribution is -0.162. The summed E-state index contributed by atoms with van der Waals surface area (Å²) < 4.78 is 36.6. The number of hydrogen-bond acceptors (Lipinski definition) is 0. The van der Waals surface area contributed by atoms with E-state index in [9.17, 15) is 13.2 Å². The van der Waals surface area contributed by atoms with Crippen LogP contribution in [0.3, 0.4) is 0 Å². The van der Waals surface area contributed by atoms with Crippen LogP contribution in [0.5, 0.6) is 0 Å². The molecule has 0 N–H and O–H groups in total. The Labute approximate surface area is 73.7 Å². The van der Waals surface area contributed by atoms with Crippen molar-refractivity contribution in [2.24, 2.45) is 5.92 Å². The average molecular weight is 197 g/mol. The van der Waals surface area contributed by atoms with E-state index in [4.69, 9.17) is 11.6 Å². The molecule has 0 amide bonds. The van der Waals surface area contributed by atoms with Crippen LogP contribution >= 0.6 is 11.6 Å². The van der Waals surface area contributed by atoms with Crippen molar-refractivity contribution < 1.29 is 13.2 Å². The number of allylic oxidation sites excluding steroid dienone is 4. The summed E-state index contributed by atoms with van der Waals surface area (Å²) in [6.07, 6.45) is -1.30. The Morgan fingerprint density at radius 3 is 2.42 bits per heavy atom. The quantitative estimate of drug-likeness (QED) is 0.555. The number of hydrogen-bond donors (Lipinski definition) is 0. The molecule has 0 saturated carbocycles. The van der Waals surface area contributed by atoms with E-state index in [1.165, 1.54) is 6.08 Å². The summed E-state index contributed by atoms with van der Waals surface area (Å²) in [4.78, 5) is 0. The van der Waals surface area contributed by atoms with Gasteiger partial charge in [-0.05, 0) is 19.4 Å². The molecular weight excluding hydrogens is 189 g/mol. The van der Waals surface area contributed by atoms with Gasteiger partial charge in [0.2, 0.25) is 0 Å². The van der Waals surface area contributed by atoms with Crippen molar-refractivity contribution in [2.45, 2.75) is 19.5 Å². The molecule has 0 aliphatic heterocycles. The van der Waals surface area contributed by atoms with Crippen molar-refractivity contribution in [1.29, 1.82) is 0 Å². The first-order valence-electron chi connectivity index (χ1n) is 3.51. The summed E-state index contributed by atoms with van der Waals surface area (Å²) in [5.41, 5.74) is 0.710. The van der Waals surface area contributed by atoms with Crippen LogP contribution in [0.1, 0.15) is 13.3 Å². The highest BCUT2D eigenvalue weighted by Crippen LogP contribution is 2.40. The molecule has 0 aromatic carbocycles. The maximum Gasteiger partial charge on any atom is 0.396 e. The molecule has 0 aromatic heterocycles. The Kier molecular flexibility index (Phi) is 2.52. The van der Waals surface area contributed by atoms with E-state index in [2.05, 4.69) is 0 Å². The number of alkyl halides is 3. The van der Waals surface area contributed by atoms with Crippen molar-refractivity contribution in [3.8, 4) is 0 Å². The third kappa shape index (κ3) is 2.03. The second-order valence-corrected chi connectivity index (χ2v) is 3.30. The van der Waals surface area contributed by atoms with Crippen LogP contribution in [0.2, 0.25) is 0 Å². The van der Waals surface area contributed by atoms with E-state index in [1.807, 2.05) is 0 Å². The molecule has 0 spiro atoms. The van der Waals surface area contributed by atoms with E-state index >= 15 is 0 Å². The van der Waals surface area contributed by atoms with Crippen LogP contribution < -0.4 is 0 Å². The van der Waals surface area contributed by atoms with Gasteiger partial charge in [0.05, 0.1) is 5.92 Å². The Hall–Kier alpha value is -0.440. The molecule has 0 bridgehead atoms. The highest BCUT2D eigenvalue weighted by molar-refractivity contribution is 6.30. The predicted octanol–water partition coefficient (Wildman–Crippen LogP) is 3.64. The minimum Gasteiger partial charge on any atom is -0.170 e. The topological polar surface area (TPSA) is 0 Å². The SMILES string of the molecule is CC1=CC=C(Cl)C(C(F)(F)F)C1. The van der Waals surface area contributed by atoms with Crippen LogP contribution in [0, 0.1) is 5.92 Å². The Morgan fingerprint density at radius 2 is 2.00 bits per heavy atom. The van der Waals surface area contributed by atoms with Gasteiger partial charge in [0.25, 0.3) is 0 Å². The molecule has 68 valence electrons. The average Bonchev–Trinajstić information content (AvgIpc) is 1.92. The Morgan fingerprint density at radius 1 is 1.42 bits per heavy atom. The lowest BCUT2D eigenvalue weighted by atomic mass is 9.94. The van der Waals surface area contributed by atoms with Crippen molar-refractivity contribution in [2.75, 3.05) is 0 Å². The zero-order chi connectivity index (χ0) is 9.35. The third-order valence-electron chi connectivity index (χ3n) is 1.78. The molecule has 12 heavy (non-hydrogen) atoms. The van der Waals surface area contributed by atoms with Crippen molar-refractivity contribution in [3.63, 3.8) is 0 Å². The van der Waals surface area contributed by atoms with Gasteiger partial charge in [-0.1, -0.05) is 23.3 Å². The van der Waals surface area contributed by atoms with Gasteiger partial charge in [-0.3, -0.25) is 0 Å². The van der Waals surface area contributed by atoms with E-state index in [0.29, 0.717) is 5.57 Å². The van der Waals surface area contributed by atoms with E-state index in [1.54, 1.807) is 13.0 Å². The van der Waals surface area contributed by atoms with Gasteiger partial charge in [0, 0.05) is 5.03 Å². The maximum absolute atomic E-state index is 12.2. The Balaban J connectivity index is 2.84. The largest absolute Gasteiger partial charge is 0.396 e. The standard InChI is InChI=1S/C8H8ClF3/c1-5-2-3-7(9)6(4-5)8(10,11)12/h2-3,6H,4H2,1H3. The van der Waals surface area contributed by atoms with Crippen LogP contribution in [-0.2, 0) is 0 Å². The second kappa shape index (κ2) is 3.13. The summed E-state index contributed by atoms with van der Waals surface area (Å²) >= 11 is 5.43. The predicted molar refractivity (Wildman–Crippen MR) is 41.9 cm³/mol. The third-order valence-corrected chi connectivity index (χ3v) is 2.17. The number of rotatable bonds is 0. The number of halogens is 4. The lowest BCUT2D eigenvalue weighted by Crippen LogP contribution is -2.24. The fourth-order valence-corrected chi connectivity index (χ4v) is 1.36. The first-order valence-corrected chi connectivity index (χ1v) is 3.88. The highest BCUT2D eigenvalue weighted by atomic mass is 35.5. The lowest BCUT2D eigenvalue weighted by Gasteiger charge is -2.22. The van der Waals surface area contributed by atoms with Gasteiger partial charge in [-0.15, -0.1) is 0 Å². The second-order valence-electron chi connectivity index (χ2n) is 2.86. The summed E-state index contributed by atoms with van der Waals surface area (Å²) in [5, 5.41) is -0.117. The van der Waals surface area contributed by atoms with Gasteiger partial charge >= 0.3 is 6.18 Å². The molecule has 1 atom stereocenters. The van der Waals surface area contributed by atoms with Gasteiger partial charge < -0.3 is 0 Å². The molecule has 4 heteroatoms. The first kappa shape index (κ1) is 9.65. The summed E-state index contributed by atoms with van der Waals surface area (Å²) in [5.74, 6) is -1.50. The van der Waals surface area contributed by atoms with Crippen molar-refractivity contribution in [1.82, 2.24) is 0 Å². The molecule has 1 unspecified atom stereocenters. The van der Waals surface area contributed by atoms with Crippen LogP contribution in [0.4, 0.5) is 13.2 Å². The molecule has 0 fully saturated rings. The molecular formula is C8H8ClF3. The van der Waals surface area contributed by atoms with Crippen LogP contribution in [-0.4, -0.2) is 6.18 Å². The first-order chi connectivity index (χ1) is 5.41. The fourth-order valence-electron chi connectivity index (χ4n) is 1.10. The van der Waals surface area contributed by atoms with Gasteiger partial charge in [0.1, 0.15) is 0 Å². The van der Waals surface area contributed by atoms with Gasteiger partial charge in [-0.2, -0.15) is 13.2 Å². The molecule has 0 saturated heterocycles. The van der Waals surface area contributed by atoms with Crippen molar-refractivity contribution in [3.05, 3.63) is 22.8 Å². The minimum absolute atomic E-state index is 0.0150. The zero-order valence-electron chi connectivity index (χ0n) is 6.45. The van der Waals surface area contributed by atoms with Crippen molar-refractivity contribution >= 4 is 11.6 Å². The van der Waals surface area contributed by atoms with E-state index in [0.717, 1.165) is 0 Å². The molecule has 0 aromatic rings. The molecule has 0 heterocycles. The smallest absolute Gasteiger partial charge is 0.170 e. The van der Waals surface area contributed by atoms with Gasteiger partial charge in [0.15, 0.2) is 0 Å². The highest BCUT2D eigenvalue weighted by Gasteiger charge is 2.42.